The Morgan fingerprint density at radius 3 is 2.62 bits per heavy atom. The van der Waals surface area contributed by atoms with E-state index in [1.807, 2.05) is 0 Å². The van der Waals surface area contributed by atoms with Gasteiger partial charge in [-0.3, -0.25) is 5.41 Å². The van der Waals surface area contributed by atoms with Gasteiger partial charge in [0.2, 0.25) is 0 Å². The molecule has 0 atom stereocenters. The highest BCUT2D eigenvalue weighted by Crippen LogP contribution is 2.10. The number of benzene rings is 1. The number of hydrogen-bond donors (Lipinski definition) is 2. The van der Waals surface area contributed by atoms with Gasteiger partial charge in [-0.05, 0) is 23.8 Å². The van der Waals surface area contributed by atoms with Crippen LogP contribution in [0, 0.1) is 11.2 Å². The van der Waals surface area contributed by atoms with E-state index in [2.05, 4.69) is 4.74 Å². The molecule has 0 aliphatic carbocycles. The van der Waals surface area contributed by atoms with Crippen LogP contribution in [0.1, 0.15) is 11.1 Å². The maximum absolute atomic E-state index is 13.0. The molecule has 0 unspecified atom stereocenters. The largest absolute Gasteiger partial charge is 0.384 e. The van der Waals surface area contributed by atoms with Gasteiger partial charge in [0.1, 0.15) is 18.3 Å². The molecule has 3 N–H and O–H groups in total. The van der Waals surface area contributed by atoms with Crippen LogP contribution < -0.4 is 5.73 Å². The molecule has 0 radical (unpaired) electrons. The lowest BCUT2D eigenvalue weighted by atomic mass is 10.1. The van der Waals surface area contributed by atoms with Crippen molar-refractivity contribution in [2.75, 3.05) is 6.61 Å². The van der Waals surface area contributed by atoms with Crippen LogP contribution in [0.2, 0.25) is 0 Å². The molecule has 1 aromatic carbocycles. The van der Waals surface area contributed by atoms with Crippen LogP contribution in [0.25, 0.3) is 0 Å². The first-order valence-electron chi connectivity index (χ1n) is 4.49. The first kappa shape index (κ1) is 12.5. The summed E-state index contributed by atoms with van der Waals surface area (Å²) in [6, 6.07) is 3.67. The summed E-state index contributed by atoms with van der Waals surface area (Å²) in [6.07, 6.45) is -2.55. The second kappa shape index (κ2) is 5.50. The van der Waals surface area contributed by atoms with Crippen molar-refractivity contribution >= 4 is 5.84 Å². The predicted octanol–water partition coefficient (Wildman–Crippen LogP) is 1.89. The Morgan fingerprint density at radius 1 is 1.38 bits per heavy atom. The van der Waals surface area contributed by atoms with Gasteiger partial charge < -0.3 is 10.5 Å². The number of nitrogens with one attached hydrogen (secondary N) is 1. The van der Waals surface area contributed by atoms with Gasteiger partial charge in [-0.15, -0.1) is 0 Å². The van der Waals surface area contributed by atoms with Crippen LogP contribution in [0.5, 0.6) is 0 Å². The monoisotopic (exact) mass is 232 g/mol. The van der Waals surface area contributed by atoms with Gasteiger partial charge in [0.05, 0.1) is 6.61 Å². The van der Waals surface area contributed by atoms with Crippen molar-refractivity contribution in [2.45, 2.75) is 13.0 Å². The van der Waals surface area contributed by atoms with E-state index in [9.17, 15) is 13.2 Å². The van der Waals surface area contributed by atoms with E-state index in [1.54, 1.807) is 0 Å². The standard InChI is InChI=1S/C10H11F3N2O/c11-8-2-6(4-16-5-9(12)13)1-7(3-8)10(14)15/h1-3,9H,4-5H2,(H3,14,15). The molecule has 6 heteroatoms. The summed E-state index contributed by atoms with van der Waals surface area (Å²) >= 11 is 0. The van der Waals surface area contributed by atoms with Crippen LogP contribution in [-0.4, -0.2) is 18.9 Å². The van der Waals surface area contributed by atoms with E-state index in [-0.39, 0.29) is 18.0 Å². The van der Waals surface area contributed by atoms with Gasteiger partial charge in [0.15, 0.2) is 0 Å². The minimum absolute atomic E-state index is 0.137. The molecule has 88 valence electrons. The van der Waals surface area contributed by atoms with E-state index in [1.165, 1.54) is 6.07 Å². The summed E-state index contributed by atoms with van der Waals surface area (Å²) in [5.74, 6) is -0.863. The quantitative estimate of drug-likeness (QED) is 0.601. The molecule has 0 fully saturated rings. The molecule has 0 saturated heterocycles. The molecule has 3 nitrogen and oxygen atoms in total. The first-order chi connectivity index (χ1) is 7.49. The normalized spacial score (nSPS) is 10.8. The van der Waals surface area contributed by atoms with Crippen molar-refractivity contribution in [3.8, 4) is 0 Å². The molecular weight excluding hydrogens is 221 g/mol. The number of rotatable bonds is 5. The van der Waals surface area contributed by atoms with Crippen molar-refractivity contribution in [3.05, 3.63) is 35.1 Å². The molecule has 1 rings (SSSR count). The molecule has 1 aromatic rings. The molecule has 0 bridgehead atoms. The van der Waals surface area contributed by atoms with Crippen molar-refractivity contribution < 1.29 is 17.9 Å². The SMILES string of the molecule is N=C(N)c1cc(F)cc(COCC(F)F)c1. The fourth-order valence-electron chi connectivity index (χ4n) is 1.16. The maximum atomic E-state index is 13.0. The lowest BCUT2D eigenvalue weighted by Gasteiger charge is -2.06. The molecule has 0 spiro atoms. The van der Waals surface area contributed by atoms with Crippen molar-refractivity contribution in [1.29, 1.82) is 5.41 Å². The number of nitrogens with two attached hydrogens (primary N) is 1. The van der Waals surface area contributed by atoms with Crippen LogP contribution >= 0.6 is 0 Å². The first-order valence-corrected chi connectivity index (χ1v) is 4.49. The van der Waals surface area contributed by atoms with Crippen molar-refractivity contribution in [1.82, 2.24) is 0 Å². The highest BCUT2D eigenvalue weighted by molar-refractivity contribution is 5.95. The lowest BCUT2D eigenvalue weighted by molar-refractivity contribution is 0.00982. The molecule has 0 amide bonds. The molecule has 0 aliphatic rings. The summed E-state index contributed by atoms with van der Waals surface area (Å²) in [7, 11) is 0. The zero-order chi connectivity index (χ0) is 12.1. The van der Waals surface area contributed by atoms with Crippen LogP contribution in [0.3, 0.4) is 0 Å². The number of nitrogen functional groups attached to an aromatic ring is 1. The van der Waals surface area contributed by atoms with E-state index < -0.39 is 18.8 Å². The Kier molecular flexibility index (Phi) is 4.30. The molecule has 0 aliphatic heterocycles. The second-order valence-corrected chi connectivity index (χ2v) is 3.17. The fraction of sp³-hybridized carbons (Fsp3) is 0.300. The molecule has 0 aromatic heterocycles. The van der Waals surface area contributed by atoms with Gasteiger partial charge in [0, 0.05) is 5.56 Å². The minimum Gasteiger partial charge on any atom is -0.384 e. The van der Waals surface area contributed by atoms with Crippen molar-refractivity contribution in [2.24, 2.45) is 5.73 Å². The predicted molar refractivity (Wildman–Crippen MR) is 53.1 cm³/mol. The second-order valence-electron chi connectivity index (χ2n) is 3.17. The molecule has 16 heavy (non-hydrogen) atoms. The number of halogens is 3. The number of amidine groups is 1. The van der Waals surface area contributed by atoms with Crippen LogP contribution in [0.15, 0.2) is 18.2 Å². The smallest absolute Gasteiger partial charge is 0.261 e. The van der Waals surface area contributed by atoms with E-state index in [4.69, 9.17) is 11.1 Å². The topological polar surface area (TPSA) is 59.1 Å². The summed E-state index contributed by atoms with van der Waals surface area (Å²) in [5.41, 5.74) is 5.76. The Bertz CT molecular complexity index is 382. The Balaban J connectivity index is 2.69. The Hall–Kier alpha value is -1.56. The lowest BCUT2D eigenvalue weighted by Crippen LogP contribution is -2.12. The average molecular weight is 232 g/mol. The van der Waals surface area contributed by atoms with E-state index >= 15 is 0 Å². The summed E-state index contributed by atoms with van der Waals surface area (Å²) in [6.45, 7) is -0.839. The Morgan fingerprint density at radius 2 is 2.06 bits per heavy atom. The Labute approximate surface area is 90.5 Å². The molecular formula is C10H11F3N2O. The third kappa shape index (κ3) is 3.90. The zero-order valence-electron chi connectivity index (χ0n) is 8.34. The van der Waals surface area contributed by atoms with E-state index in [0.29, 0.717) is 5.56 Å². The fourth-order valence-corrected chi connectivity index (χ4v) is 1.16. The third-order valence-corrected chi connectivity index (χ3v) is 1.78. The zero-order valence-corrected chi connectivity index (χ0v) is 8.34. The summed E-state index contributed by atoms with van der Waals surface area (Å²) < 4.78 is 41.2. The number of hydrogen-bond acceptors (Lipinski definition) is 2. The maximum Gasteiger partial charge on any atom is 0.261 e. The summed E-state index contributed by atoms with van der Waals surface area (Å²) in [4.78, 5) is 0. The number of ether oxygens (including phenoxy) is 1. The van der Waals surface area contributed by atoms with Gasteiger partial charge in [0.25, 0.3) is 6.43 Å². The molecule has 0 saturated carbocycles. The summed E-state index contributed by atoms with van der Waals surface area (Å²) in [5, 5.41) is 7.12. The van der Waals surface area contributed by atoms with Crippen LogP contribution in [-0.2, 0) is 11.3 Å². The highest BCUT2D eigenvalue weighted by atomic mass is 19.3. The average Bonchev–Trinajstić information content (AvgIpc) is 2.16. The van der Waals surface area contributed by atoms with Gasteiger partial charge in [-0.1, -0.05) is 0 Å². The van der Waals surface area contributed by atoms with Gasteiger partial charge in [-0.25, -0.2) is 13.2 Å². The highest BCUT2D eigenvalue weighted by Gasteiger charge is 2.05. The van der Waals surface area contributed by atoms with E-state index in [0.717, 1.165) is 12.1 Å². The molecule has 0 heterocycles. The van der Waals surface area contributed by atoms with Crippen molar-refractivity contribution in [3.63, 3.8) is 0 Å². The van der Waals surface area contributed by atoms with Crippen LogP contribution in [0.4, 0.5) is 13.2 Å². The number of alkyl halides is 2. The minimum atomic E-state index is -2.55. The third-order valence-electron chi connectivity index (χ3n) is 1.78. The van der Waals surface area contributed by atoms with Gasteiger partial charge >= 0.3 is 0 Å². The van der Waals surface area contributed by atoms with Gasteiger partial charge in [-0.2, -0.15) is 0 Å².